The molecule has 1 fully saturated rings. The monoisotopic (exact) mass is 440 g/mol. The lowest BCUT2D eigenvalue weighted by atomic mass is 9.95. The molecule has 2 N–H and O–H groups in total. The first-order valence-electron chi connectivity index (χ1n) is 11.0. The Morgan fingerprint density at radius 2 is 1.94 bits per heavy atom. The van der Waals surface area contributed by atoms with Gasteiger partial charge in [-0.25, -0.2) is 0 Å². The second-order valence-corrected chi connectivity index (χ2v) is 8.62. The van der Waals surface area contributed by atoms with Gasteiger partial charge in [-0.15, -0.1) is 0 Å². The molecule has 2 aromatic carbocycles. The molecule has 2 atom stereocenters. The lowest BCUT2D eigenvalue weighted by Crippen LogP contribution is -2.41. The summed E-state index contributed by atoms with van der Waals surface area (Å²) in [6.45, 7) is 4.39. The van der Waals surface area contributed by atoms with Crippen molar-refractivity contribution in [3.05, 3.63) is 83.2 Å². The molecule has 1 aromatic heterocycles. The number of amides is 3. The van der Waals surface area contributed by atoms with Crippen molar-refractivity contribution in [3.63, 3.8) is 0 Å². The number of carbonyl (C=O) groups excluding carboxylic acids is 3. The van der Waals surface area contributed by atoms with Crippen LogP contribution < -0.4 is 10.6 Å². The highest BCUT2D eigenvalue weighted by Crippen LogP contribution is 2.33. The van der Waals surface area contributed by atoms with Gasteiger partial charge in [-0.2, -0.15) is 0 Å². The third-order valence-electron chi connectivity index (χ3n) is 6.55. The maximum absolute atomic E-state index is 13.5. The van der Waals surface area contributed by atoms with E-state index in [-0.39, 0.29) is 30.3 Å². The van der Waals surface area contributed by atoms with E-state index in [0.717, 1.165) is 16.7 Å². The number of nitrogens with zero attached hydrogens (tertiary/aromatic N) is 2. The molecular formula is C26H24N4O3. The lowest BCUT2D eigenvalue weighted by molar-refractivity contribution is -0.119. The first-order chi connectivity index (χ1) is 15.9. The fraction of sp³-hybridized carbons (Fsp3) is 0.231. The fourth-order valence-corrected chi connectivity index (χ4v) is 4.61. The summed E-state index contributed by atoms with van der Waals surface area (Å²) >= 11 is 0. The molecule has 0 bridgehead atoms. The van der Waals surface area contributed by atoms with Crippen LogP contribution in [0.15, 0.2) is 60.9 Å². The first kappa shape index (κ1) is 20.9. The molecule has 3 amide bonds. The minimum Gasteiger partial charge on any atom is -0.347 e. The van der Waals surface area contributed by atoms with E-state index in [0.29, 0.717) is 23.2 Å². The normalized spacial score (nSPS) is 19.4. The zero-order chi connectivity index (χ0) is 23.1. The lowest BCUT2D eigenvalue weighted by Gasteiger charge is -2.20. The number of hydrogen-bond acceptors (Lipinski definition) is 4. The third-order valence-corrected chi connectivity index (χ3v) is 6.55. The van der Waals surface area contributed by atoms with Crippen molar-refractivity contribution >= 4 is 23.4 Å². The van der Waals surface area contributed by atoms with E-state index in [1.807, 2.05) is 24.3 Å². The SMILES string of the molecule is Cc1cccc(-c2ccc3c(c2)C(=O)N2C[C@@H](NC(=O)c4cccnc4)C[C@H]2C(=O)N3)c1C. The van der Waals surface area contributed by atoms with Crippen molar-refractivity contribution in [2.45, 2.75) is 32.4 Å². The smallest absolute Gasteiger partial charge is 0.256 e. The van der Waals surface area contributed by atoms with Gasteiger partial charge in [0.1, 0.15) is 6.04 Å². The molecule has 0 spiro atoms. The molecule has 3 heterocycles. The number of rotatable bonds is 3. The Morgan fingerprint density at radius 1 is 1.09 bits per heavy atom. The fourth-order valence-electron chi connectivity index (χ4n) is 4.61. The molecule has 0 aliphatic carbocycles. The molecule has 33 heavy (non-hydrogen) atoms. The van der Waals surface area contributed by atoms with E-state index in [1.54, 1.807) is 29.3 Å². The minimum absolute atomic E-state index is 0.210. The van der Waals surface area contributed by atoms with Gasteiger partial charge >= 0.3 is 0 Å². The topological polar surface area (TPSA) is 91.4 Å². The highest BCUT2D eigenvalue weighted by atomic mass is 16.2. The first-order valence-corrected chi connectivity index (χ1v) is 11.0. The summed E-state index contributed by atoms with van der Waals surface area (Å²) < 4.78 is 0. The van der Waals surface area contributed by atoms with Gasteiger partial charge in [-0.1, -0.05) is 24.3 Å². The van der Waals surface area contributed by atoms with Crippen molar-refractivity contribution in [2.24, 2.45) is 0 Å². The molecule has 0 radical (unpaired) electrons. The summed E-state index contributed by atoms with van der Waals surface area (Å²) in [4.78, 5) is 44.5. The Labute approximate surface area is 191 Å². The number of benzene rings is 2. The van der Waals surface area contributed by atoms with E-state index in [1.165, 1.54) is 11.8 Å². The summed E-state index contributed by atoms with van der Waals surface area (Å²) in [6, 6.07) is 14.1. The number of aromatic nitrogens is 1. The van der Waals surface area contributed by atoms with Gasteiger partial charge < -0.3 is 15.5 Å². The molecule has 0 saturated carbocycles. The summed E-state index contributed by atoms with van der Waals surface area (Å²) in [5.74, 6) is -0.713. The average molecular weight is 441 g/mol. The molecule has 166 valence electrons. The molecule has 2 aliphatic rings. The molecule has 5 rings (SSSR count). The molecule has 3 aromatic rings. The van der Waals surface area contributed by atoms with Crippen LogP contribution in [-0.4, -0.2) is 46.2 Å². The van der Waals surface area contributed by atoms with Crippen molar-refractivity contribution < 1.29 is 14.4 Å². The second kappa shape index (κ2) is 8.16. The van der Waals surface area contributed by atoms with Gasteiger partial charge in [0.05, 0.1) is 16.8 Å². The summed E-state index contributed by atoms with van der Waals surface area (Å²) in [5, 5.41) is 5.85. The van der Waals surface area contributed by atoms with Crippen molar-refractivity contribution in [2.75, 3.05) is 11.9 Å². The van der Waals surface area contributed by atoms with Crippen LogP contribution in [0.3, 0.4) is 0 Å². The van der Waals surface area contributed by atoms with Gasteiger partial charge in [0, 0.05) is 25.0 Å². The van der Waals surface area contributed by atoms with Crippen LogP contribution in [0.1, 0.15) is 38.3 Å². The number of hydrogen-bond donors (Lipinski definition) is 2. The largest absolute Gasteiger partial charge is 0.347 e. The van der Waals surface area contributed by atoms with E-state index < -0.39 is 6.04 Å². The highest BCUT2D eigenvalue weighted by Gasteiger charge is 2.43. The molecular weight excluding hydrogens is 416 g/mol. The molecule has 2 aliphatic heterocycles. The van der Waals surface area contributed by atoms with Crippen LogP contribution in [-0.2, 0) is 4.79 Å². The molecule has 0 unspecified atom stereocenters. The van der Waals surface area contributed by atoms with Gasteiger partial charge in [-0.3, -0.25) is 19.4 Å². The summed E-state index contributed by atoms with van der Waals surface area (Å²) in [6.07, 6.45) is 3.45. The molecule has 1 saturated heterocycles. The molecule has 7 heteroatoms. The summed E-state index contributed by atoms with van der Waals surface area (Å²) in [5.41, 5.74) is 5.73. The van der Waals surface area contributed by atoms with Crippen molar-refractivity contribution in [3.8, 4) is 11.1 Å². The number of aryl methyl sites for hydroxylation is 1. The van der Waals surface area contributed by atoms with Crippen LogP contribution in [0.2, 0.25) is 0 Å². The maximum Gasteiger partial charge on any atom is 0.256 e. The van der Waals surface area contributed by atoms with Crippen LogP contribution in [0.5, 0.6) is 0 Å². The number of pyridine rings is 1. The molecule has 7 nitrogen and oxygen atoms in total. The van der Waals surface area contributed by atoms with Crippen LogP contribution in [0, 0.1) is 13.8 Å². The third kappa shape index (κ3) is 3.75. The quantitative estimate of drug-likeness (QED) is 0.654. The van der Waals surface area contributed by atoms with Crippen molar-refractivity contribution in [1.29, 1.82) is 0 Å². The zero-order valence-electron chi connectivity index (χ0n) is 18.5. The van der Waals surface area contributed by atoms with E-state index >= 15 is 0 Å². The Hall–Kier alpha value is -4.00. The minimum atomic E-state index is -0.631. The predicted molar refractivity (Wildman–Crippen MR) is 125 cm³/mol. The van der Waals surface area contributed by atoms with Crippen LogP contribution >= 0.6 is 0 Å². The Kier molecular flexibility index (Phi) is 5.17. The Balaban J connectivity index is 1.42. The Morgan fingerprint density at radius 3 is 2.73 bits per heavy atom. The second-order valence-electron chi connectivity index (χ2n) is 8.62. The average Bonchev–Trinajstić information content (AvgIpc) is 3.21. The number of carbonyl (C=O) groups is 3. The van der Waals surface area contributed by atoms with Crippen molar-refractivity contribution in [1.82, 2.24) is 15.2 Å². The van der Waals surface area contributed by atoms with E-state index in [9.17, 15) is 14.4 Å². The van der Waals surface area contributed by atoms with Crippen LogP contribution in [0.25, 0.3) is 11.1 Å². The van der Waals surface area contributed by atoms with E-state index in [2.05, 4.69) is 35.5 Å². The maximum atomic E-state index is 13.5. The number of nitrogens with one attached hydrogen (secondary N) is 2. The van der Waals surface area contributed by atoms with Crippen LogP contribution in [0.4, 0.5) is 5.69 Å². The zero-order valence-corrected chi connectivity index (χ0v) is 18.5. The van der Waals surface area contributed by atoms with Gasteiger partial charge in [0.2, 0.25) is 5.91 Å². The highest BCUT2D eigenvalue weighted by molar-refractivity contribution is 6.11. The van der Waals surface area contributed by atoms with Gasteiger partial charge in [0.15, 0.2) is 0 Å². The van der Waals surface area contributed by atoms with Gasteiger partial charge in [0.25, 0.3) is 11.8 Å². The number of anilines is 1. The Bertz CT molecular complexity index is 1270. The van der Waals surface area contributed by atoms with Gasteiger partial charge in [-0.05, 0) is 66.8 Å². The predicted octanol–water partition coefficient (Wildman–Crippen LogP) is 3.33. The van der Waals surface area contributed by atoms with E-state index in [4.69, 9.17) is 0 Å². The standard InChI is InChI=1S/C26H24N4O3/c1-15-5-3-7-20(16(15)2)17-8-9-22-21(11-17)26(33)30-14-19(12-23(30)25(32)29-22)28-24(31)18-6-4-10-27-13-18/h3-11,13,19,23H,12,14H2,1-2H3,(H,28,31)(H,29,32)/t19-,23-/m0/s1. The summed E-state index contributed by atoms with van der Waals surface area (Å²) in [7, 11) is 0. The number of fused-ring (bicyclic) bond motifs is 2.